The van der Waals surface area contributed by atoms with Crippen LogP contribution in [0.1, 0.15) is 29.8 Å². The number of hydrogen-bond acceptors (Lipinski definition) is 7. The summed E-state index contributed by atoms with van der Waals surface area (Å²) in [4.78, 5) is 26.7. The van der Waals surface area contributed by atoms with Crippen LogP contribution in [-0.4, -0.2) is 73.3 Å². The Labute approximate surface area is 218 Å². The number of aromatic nitrogens is 2. The van der Waals surface area contributed by atoms with E-state index in [0.29, 0.717) is 12.1 Å². The standard InChI is InChI=1S/C28H35N5O2S/c1-3-33(4-2)26-20-25(23-8-6-5-7-9-23)30-28(31-26)36-21-22-10-12-24(13-11-22)27(34)29-14-15-32-16-18-35-19-17-32/h5-13,20H,3-4,14-19,21H2,1-2H3,(H,29,34). The van der Waals surface area contributed by atoms with Crippen LogP contribution in [0.3, 0.4) is 0 Å². The summed E-state index contributed by atoms with van der Waals surface area (Å²) < 4.78 is 5.37. The molecule has 1 amide bonds. The van der Waals surface area contributed by atoms with Crippen LogP contribution in [0.4, 0.5) is 5.82 Å². The second kappa shape index (κ2) is 13.4. The minimum atomic E-state index is -0.0368. The van der Waals surface area contributed by atoms with E-state index < -0.39 is 0 Å². The number of anilines is 1. The van der Waals surface area contributed by atoms with Gasteiger partial charge >= 0.3 is 0 Å². The average molecular weight is 506 g/mol. The Balaban J connectivity index is 1.37. The number of benzene rings is 2. The summed E-state index contributed by atoms with van der Waals surface area (Å²) in [5.41, 5.74) is 3.82. The number of carbonyl (C=O) groups excluding carboxylic acids is 1. The first-order chi connectivity index (χ1) is 17.7. The summed E-state index contributed by atoms with van der Waals surface area (Å²) in [6, 6.07) is 20.1. The Morgan fingerprint density at radius 1 is 1.03 bits per heavy atom. The van der Waals surface area contributed by atoms with Gasteiger partial charge < -0.3 is 15.0 Å². The van der Waals surface area contributed by atoms with Crippen molar-refractivity contribution < 1.29 is 9.53 Å². The van der Waals surface area contributed by atoms with E-state index >= 15 is 0 Å². The molecule has 1 saturated heterocycles. The highest BCUT2D eigenvalue weighted by atomic mass is 32.2. The maximum absolute atomic E-state index is 12.5. The van der Waals surface area contributed by atoms with Gasteiger partial charge in [-0.3, -0.25) is 9.69 Å². The van der Waals surface area contributed by atoms with Gasteiger partial charge in [-0.15, -0.1) is 0 Å². The summed E-state index contributed by atoms with van der Waals surface area (Å²) in [5, 5.41) is 3.77. The number of hydrogen-bond donors (Lipinski definition) is 1. The van der Waals surface area contributed by atoms with Crippen molar-refractivity contribution in [2.45, 2.75) is 24.8 Å². The second-order valence-corrected chi connectivity index (χ2v) is 9.57. The van der Waals surface area contributed by atoms with Crippen LogP contribution in [0.15, 0.2) is 65.8 Å². The second-order valence-electron chi connectivity index (χ2n) is 8.63. The smallest absolute Gasteiger partial charge is 0.251 e. The first kappa shape index (κ1) is 26.1. The van der Waals surface area contributed by atoms with Crippen LogP contribution >= 0.6 is 11.8 Å². The number of nitrogens with zero attached hydrogens (tertiary/aromatic N) is 4. The summed E-state index contributed by atoms with van der Waals surface area (Å²) in [5.74, 6) is 1.64. The highest BCUT2D eigenvalue weighted by Gasteiger charge is 2.13. The summed E-state index contributed by atoms with van der Waals surface area (Å²) in [7, 11) is 0. The van der Waals surface area contributed by atoms with E-state index in [0.717, 1.165) is 79.5 Å². The molecule has 1 aliphatic heterocycles. The van der Waals surface area contributed by atoms with Crippen molar-refractivity contribution in [2.75, 3.05) is 57.4 Å². The number of rotatable bonds is 11. The Morgan fingerprint density at radius 2 is 1.75 bits per heavy atom. The number of carbonyl (C=O) groups is 1. The van der Waals surface area contributed by atoms with Gasteiger partial charge in [0.05, 0.1) is 18.9 Å². The van der Waals surface area contributed by atoms with Crippen LogP contribution in [0.2, 0.25) is 0 Å². The van der Waals surface area contributed by atoms with E-state index in [1.54, 1.807) is 11.8 Å². The molecule has 1 aliphatic rings. The van der Waals surface area contributed by atoms with Crippen molar-refractivity contribution in [3.8, 4) is 11.3 Å². The third-order valence-corrected chi connectivity index (χ3v) is 7.17. The Hall–Kier alpha value is -2.94. The zero-order valence-corrected chi connectivity index (χ0v) is 22.0. The van der Waals surface area contributed by atoms with Crippen LogP contribution in [-0.2, 0) is 10.5 Å². The average Bonchev–Trinajstić information content (AvgIpc) is 2.94. The largest absolute Gasteiger partial charge is 0.379 e. The predicted molar refractivity (Wildman–Crippen MR) is 147 cm³/mol. The van der Waals surface area contributed by atoms with Gasteiger partial charge in [-0.05, 0) is 31.5 Å². The van der Waals surface area contributed by atoms with Gasteiger partial charge in [-0.2, -0.15) is 0 Å². The molecule has 2 heterocycles. The van der Waals surface area contributed by atoms with Gasteiger partial charge in [-0.1, -0.05) is 54.2 Å². The molecule has 2 aromatic carbocycles. The fraction of sp³-hybridized carbons (Fsp3) is 0.393. The molecule has 4 rings (SSSR count). The molecule has 1 aromatic heterocycles. The van der Waals surface area contributed by atoms with E-state index in [-0.39, 0.29) is 5.91 Å². The summed E-state index contributed by atoms with van der Waals surface area (Å²) >= 11 is 1.61. The molecule has 0 atom stereocenters. The molecular weight excluding hydrogens is 470 g/mol. The lowest BCUT2D eigenvalue weighted by Crippen LogP contribution is -2.41. The molecule has 190 valence electrons. The topological polar surface area (TPSA) is 70.6 Å². The SMILES string of the molecule is CCN(CC)c1cc(-c2ccccc2)nc(SCc2ccc(C(=O)NCCN3CCOCC3)cc2)n1. The van der Waals surface area contributed by atoms with Gasteiger partial charge in [0.15, 0.2) is 5.16 Å². The van der Waals surface area contributed by atoms with Crippen molar-refractivity contribution in [3.63, 3.8) is 0 Å². The summed E-state index contributed by atoms with van der Waals surface area (Å²) in [6.45, 7) is 10.9. The maximum Gasteiger partial charge on any atom is 0.251 e. The molecule has 36 heavy (non-hydrogen) atoms. The molecule has 0 spiro atoms. The van der Waals surface area contributed by atoms with Crippen molar-refractivity contribution in [1.82, 2.24) is 20.2 Å². The molecule has 0 radical (unpaired) electrons. The number of nitrogens with one attached hydrogen (secondary N) is 1. The molecule has 0 unspecified atom stereocenters. The minimum absolute atomic E-state index is 0.0368. The molecule has 0 saturated carbocycles. The van der Waals surface area contributed by atoms with Crippen molar-refractivity contribution in [1.29, 1.82) is 0 Å². The maximum atomic E-state index is 12.5. The molecule has 8 heteroatoms. The quantitative estimate of drug-likeness (QED) is 0.307. The van der Waals surface area contributed by atoms with Crippen LogP contribution in [0.5, 0.6) is 0 Å². The molecule has 1 fully saturated rings. The molecular formula is C28H35N5O2S. The van der Waals surface area contributed by atoms with Crippen LogP contribution in [0.25, 0.3) is 11.3 Å². The third-order valence-electron chi connectivity index (χ3n) is 6.25. The van der Waals surface area contributed by atoms with E-state index in [1.807, 2.05) is 42.5 Å². The van der Waals surface area contributed by atoms with Gasteiger partial charge in [0.2, 0.25) is 0 Å². The van der Waals surface area contributed by atoms with E-state index in [1.165, 1.54) is 0 Å². The first-order valence-electron chi connectivity index (χ1n) is 12.7. The number of thioether (sulfide) groups is 1. The first-order valence-corrected chi connectivity index (χ1v) is 13.6. The Bertz CT molecular complexity index is 1100. The monoisotopic (exact) mass is 505 g/mol. The molecule has 3 aromatic rings. The highest BCUT2D eigenvalue weighted by Crippen LogP contribution is 2.27. The molecule has 7 nitrogen and oxygen atoms in total. The molecule has 1 N–H and O–H groups in total. The number of morpholine rings is 1. The summed E-state index contributed by atoms with van der Waals surface area (Å²) in [6.07, 6.45) is 0. The lowest BCUT2D eigenvalue weighted by atomic mass is 10.1. The fourth-order valence-corrected chi connectivity index (χ4v) is 4.91. The zero-order chi connectivity index (χ0) is 25.2. The Morgan fingerprint density at radius 3 is 2.44 bits per heavy atom. The third kappa shape index (κ3) is 7.29. The lowest BCUT2D eigenvalue weighted by molar-refractivity contribution is 0.0383. The van der Waals surface area contributed by atoms with Gasteiger partial charge in [-0.25, -0.2) is 9.97 Å². The van der Waals surface area contributed by atoms with Crippen molar-refractivity contribution in [3.05, 3.63) is 71.8 Å². The zero-order valence-electron chi connectivity index (χ0n) is 21.2. The lowest BCUT2D eigenvalue weighted by Gasteiger charge is -2.26. The Kier molecular flexibility index (Phi) is 9.72. The van der Waals surface area contributed by atoms with E-state index in [2.05, 4.69) is 47.2 Å². The van der Waals surface area contributed by atoms with Crippen molar-refractivity contribution >= 4 is 23.5 Å². The minimum Gasteiger partial charge on any atom is -0.379 e. The fourth-order valence-electron chi connectivity index (χ4n) is 4.10. The van der Waals surface area contributed by atoms with E-state index in [4.69, 9.17) is 14.7 Å². The number of amides is 1. The van der Waals surface area contributed by atoms with Crippen molar-refractivity contribution in [2.24, 2.45) is 0 Å². The number of ether oxygens (including phenoxy) is 1. The molecule has 0 aliphatic carbocycles. The highest BCUT2D eigenvalue weighted by molar-refractivity contribution is 7.98. The predicted octanol–water partition coefficient (Wildman–Crippen LogP) is 4.34. The molecule has 0 bridgehead atoms. The normalized spacial score (nSPS) is 13.9. The van der Waals surface area contributed by atoms with Crippen LogP contribution < -0.4 is 10.2 Å². The van der Waals surface area contributed by atoms with E-state index in [9.17, 15) is 4.79 Å². The van der Waals surface area contributed by atoms with Gasteiger partial charge in [0, 0.05) is 62.2 Å². The van der Waals surface area contributed by atoms with Gasteiger partial charge in [0.1, 0.15) is 5.82 Å². The van der Waals surface area contributed by atoms with Crippen LogP contribution in [0, 0.1) is 0 Å². The van der Waals surface area contributed by atoms with Gasteiger partial charge in [0.25, 0.3) is 5.91 Å².